The zero-order valence-corrected chi connectivity index (χ0v) is 21.0. The first-order valence-electron chi connectivity index (χ1n) is 10.5. The van der Waals surface area contributed by atoms with Crippen LogP contribution >= 0.6 is 0 Å². The Balaban J connectivity index is 0.00000398. The standard InChI is InChI=1S/C19H21F3N2O7S2.C2H6.CH4/c1-3-5-6-14(4-2)15-11-17(31-33(29,30)19(20,21)22)13-23(12-15)32(27,28)18-9-7-16(8-10-18)24(25)26;1-2;/h4,6-11,15H,2-3,5,12-13H2,1H3;1-2H3;1H4/b14-6+;;. The van der Waals surface area contributed by atoms with Crippen molar-refractivity contribution in [1.29, 1.82) is 0 Å². The molecule has 1 aromatic carbocycles. The van der Waals surface area contributed by atoms with Crippen molar-refractivity contribution in [3.63, 3.8) is 0 Å². The maximum atomic E-state index is 13.1. The highest BCUT2D eigenvalue weighted by Gasteiger charge is 2.49. The average molecular weight is 557 g/mol. The molecule has 0 bridgehead atoms. The highest BCUT2D eigenvalue weighted by atomic mass is 32.2. The molecule has 1 aliphatic heterocycles. The predicted octanol–water partition coefficient (Wildman–Crippen LogP) is 5.54. The minimum Gasteiger partial charge on any atom is -0.379 e. The molecule has 0 saturated carbocycles. The SMILES string of the molecule is C.C=C/C(=C\CCC)C1C=C(OS(=O)(=O)C(F)(F)F)CN(S(=O)(=O)c2ccc([N+](=O)[O-])cc2)C1.CC. The fraction of sp³-hybridized carbons (Fsp3) is 0.455. The van der Waals surface area contributed by atoms with Gasteiger partial charge >= 0.3 is 15.6 Å². The molecule has 2 rings (SSSR count). The summed E-state index contributed by atoms with van der Waals surface area (Å²) in [4.78, 5) is 9.73. The highest BCUT2D eigenvalue weighted by molar-refractivity contribution is 7.89. The van der Waals surface area contributed by atoms with E-state index in [1.807, 2.05) is 20.8 Å². The monoisotopic (exact) mass is 556 g/mol. The zero-order valence-electron chi connectivity index (χ0n) is 19.4. The number of rotatable bonds is 9. The van der Waals surface area contributed by atoms with Gasteiger partial charge in [-0.2, -0.15) is 25.9 Å². The minimum absolute atomic E-state index is 0. The number of nitrogens with zero attached hydrogens (tertiary/aromatic N) is 2. The van der Waals surface area contributed by atoms with Crippen LogP contribution in [0.25, 0.3) is 0 Å². The molecule has 1 heterocycles. The smallest absolute Gasteiger partial charge is 0.379 e. The Kier molecular flexibility index (Phi) is 12.5. The highest BCUT2D eigenvalue weighted by Crippen LogP contribution is 2.32. The Labute approximate surface area is 210 Å². The van der Waals surface area contributed by atoms with E-state index in [2.05, 4.69) is 10.8 Å². The quantitative estimate of drug-likeness (QED) is 0.129. The minimum atomic E-state index is -6.03. The predicted molar refractivity (Wildman–Crippen MR) is 131 cm³/mol. The molecule has 36 heavy (non-hydrogen) atoms. The van der Waals surface area contributed by atoms with Crippen LogP contribution in [0.5, 0.6) is 0 Å². The molecule has 0 spiro atoms. The first-order chi connectivity index (χ1) is 16.2. The summed E-state index contributed by atoms with van der Waals surface area (Å²) in [5.41, 5.74) is -5.59. The number of nitro groups is 1. The first kappa shape index (κ1) is 33.3. The summed E-state index contributed by atoms with van der Waals surface area (Å²) >= 11 is 0. The number of hydrogen-bond acceptors (Lipinski definition) is 7. The fourth-order valence-electron chi connectivity index (χ4n) is 3.00. The molecule has 0 saturated heterocycles. The third-order valence-corrected chi connectivity index (χ3v) is 7.46. The molecule has 0 aliphatic carbocycles. The molecule has 0 N–H and O–H groups in total. The van der Waals surface area contributed by atoms with Crippen LogP contribution in [-0.2, 0) is 24.3 Å². The van der Waals surface area contributed by atoms with Gasteiger partial charge in [0, 0.05) is 24.6 Å². The fourth-order valence-corrected chi connectivity index (χ4v) is 4.92. The van der Waals surface area contributed by atoms with Crippen LogP contribution in [0, 0.1) is 16.0 Å². The van der Waals surface area contributed by atoms with Gasteiger partial charge in [-0.05, 0) is 30.2 Å². The summed E-state index contributed by atoms with van der Waals surface area (Å²) in [5.74, 6) is -1.56. The number of nitro benzene ring substituents is 1. The van der Waals surface area contributed by atoms with Crippen LogP contribution in [0.1, 0.15) is 41.0 Å². The van der Waals surface area contributed by atoms with E-state index in [-0.39, 0.29) is 24.6 Å². The van der Waals surface area contributed by atoms with E-state index in [9.17, 15) is 40.1 Å². The molecule has 9 nitrogen and oxygen atoms in total. The van der Waals surface area contributed by atoms with E-state index < -0.39 is 48.8 Å². The number of unbranched alkanes of at least 4 members (excludes halogenated alkanes) is 1. The first-order valence-corrected chi connectivity index (χ1v) is 13.4. The lowest BCUT2D eigenvalue weighted by atomic mass is 9.94. The van der Waals surface area contributed by atoms with Gasteiger partial charge in [-0.3, -0.25) is 10.1 Å². The molecule has 1 aromatic rings. The van der Waals surface area contributed by atoms with Crippen LogP contribution in [0.4, 0.5) is 18.9 Å². The Morgan fingerprint density at radius 2 is 1.78 bits per heavy atom. The number of halogens is 3. The van der Waals surface area contributed by atoms with Gasteiger partial charge in [-0.1, -0.05) is 53.3 Å². The molecule has 14 heteroatoms. The van der Waals surface area contributed by atoms with Gasteiger partial charge in [0.1, 0.15) is 5.76 Å². The lowest BCUT2D eigenvalue weighted by molar-refractivity contribution is -0.384. The molecular formula is C22H31F3N2O7S2. The molecular weight excluding hydrogens is 525 g/mol. The molecule has 0 radical (unpaired) electrons. The van der Waals surface area contributed by atoms with Gasteiger partial charge in [0.15, 0.2) is 0 Å². The summed E-state index contributed by atoms with van der Waals surface area (Å²) in [6, 6.07) is 3.89. The van der Waals surface area contributed by atoms with Crippen LogP contribution in [0.15, 0.2) is 65.3 Å². The maximum Gasteiger partial charge on any atom is 0.534 e. The Hall–Kier alpha value is -2.71. The average Bonchev–Trinajstić information content (AvgIpc) is 2.79. The number of benzene rings is 1. The van der Waals surface area contributed by atoms with Crippen molar-refractivity contribution in [2.75, 3.05) is 13.1 Å². The van der Waals surface area contributed by atoms with Gasteiger partial charge in [0.2, 0.25) is 10.0 Å². The maximum absolute atomic E-state index is 13.1. The third-order valence-electron chi connectivity index (χ3n) is 4.64. The Morgan fingerprint density at radius 1 is 1.22 bits per heavy atom. The van der Waals surface area contributed by atoms with Crippen molar-refractivity contribution in [2.24, 2.45) is 5.92 Å². The zero-order chi connectivity index (χ0) is 27.0. The van der Waals surface area contributed by atoms with E-state index in [1.165, 1.54) is 6.08 Å². The third kappa shape index (κ3) is 8.17. The topological polar surface area (TPSA) is 124 Å². The van der Waals surface area contributed by atoms with Crippen molar-refractivity contribution in [1.82, 2.24) is 4.31 Å². The number of alkyl halides is 3. The number of non-ortho nitro benzene ring substituents is 1. The number of sulfonamides is 1. The van der Waals surface area contributed by atoms with Crippen molar-refractivity contribution < 1.29 is 39.1 Å². The summed E-state index contributed by atoms with van der Waals surface area (Å²) in [6.45, 7) is 8.49. The van der Waals surface area contributed by atoms with E-state index in [0.717, 1.165) is 41.1 Å². The Morgan fingerprint density at radius 3 is 2.22 bits per heavy atom. The lowest BCUT2D eigenvalue weighted by Gasteiger charge is -2.31. The summed E-state index contributed by atoms with van der Waals surface area (Å²) in [6.07, 6.45) is 5.53. The summed E-state index contributed by atoms with van der Waals surface area (Å²) < 4.78 is 92.7. The second kappa shape index (κ2) is 13.6. The van der Waals surface area contributed by atoms with E-state index in [4.69, 9.17) is 0 Å². The molecule has 1 unspecified atom stereocenters. The van der Waals surface area contributed by atoms with Gasteiger partial charge in [-0.25, -0.2) is 8.42 Å². The lowest BCUT2D eigenvalue weighted by Crippen LogP contribution is -2.41. The van der Waals surface area contributed by atoms with Gasteiger partial charge in [0.25, 0.3) is 5.69 Å². The molecule has 1 atom stereocenters. The van der Waals surface area contributed by atoms with E-state index in [0.29, 0.717) is 12.0 Å². The van der Waals surface area contributed by atoms with Crippen LogP contribution < -0.4 is 0 Å². The van der Waals surface area contributed by atoms with Crippen molar-refractivity contribution in [2.45, 2.75) is 51.4 Å². The number of allylic oxidation sites excluding steroid dienone is 2. The molecule has 0 aromatic heterocycles. The van der Waals surface area contributed by atoms with Gasteiger partial charge < -0.3 is 4.18 Å². The molecule has 0 fully saturated rings. The van der Waals surface area contributed by atoms with E-state index >= 15 is 0 Å². The van der Waals surface area contributed by atoms with Crippen LogP contribution in [0.3, 0.4) is 0 Å². The van der Waals surface area contributed by atoms with E-state index in [1.54, 1.807) is 6.08 Å². The second-order valence-corrected chi connectivity index (χ2v) is 10.4. The Bertz CT molecular complexity index is 1170. The summed E-state index contributed by atoms with van der Waals surface area (Å²) in [5, 5.41) is 10.8. The van der Waals surface area contributed by atoms with Crippen molar-refractivity contribution >= 4 is 25.8 Å². The molecule has 0 amide bonds. The largest absolute Gasteiger partial charge is 0.534 e. The summed E-state index contributed by atoms with van der Waals surface area (Å²) in [7, 11) is -10.4. The van der Waals surface area contributed by atoms with Crippen molar-refractivity contribution in [3.8, 4) is 0 Å². The molecule has 1 aliphatic rings. The second-order valence-electron chi connectivity index (χ2n) is 6.97. The van der Waals surface area contributed by atoms with Crippen molar-refractivity contribution in [3.05, 3.63) is 70.5 Å². The van der Waals surface area contributed by atoms with Crippen LogP contribution in [-0.4, -0.2) is 44.7 Å². The van der Waals surface area contributed by atoms with Gasteiger partial charge in [0.05, 0.1) is 16.4 Å². The number of hydrogen-bond donors (Lipinski definition) is 0. The van der Waals surface area contributed by atoms with Gasteiger partial charge in [-0.15, -0.1) is 0 Å². The van der Waals surface area contributed by atoms with Crippen LogP contribution in [0.2, 0.25) is 0 Å². The molecule has 204 valence electrons. The normalized spacial score (nSPS) is 17.1.